The molecule has 86 valence electrons. The van der Waals surface area contributed by atoms with Crippen molar-refractivity contribution in [2.75, 3.05) is 0 Å². The summed E-state index contributed by atoms with van der Waals surface area (Å²) in [6, 6.07) is 6.86. The van der Waals surface area contributed by atoms with Gasteiger partial charge in [0.15, 0.2) is 0 Å². The molecule has 0 radical (unpaired) electrons. The first kappa shape index (κ1) is 10.3. The molecule has 0 amide bonds. The Morgan fingerprint density at radius 2 is 1.88 bits per heavy atom. The summed E-state index contributed by atoms with van der Waals surface area (Å²) in [6.07, 6.45) is 5.31. The topological polar surface area (TPSA) is 35.2 Å². The molecule has 0 spiro atoms. The van der Waals surface area contributed by atoms with Gasteiger partial charge >= 0.3 is 0 Å². The Kier molecular flexibility index (Phi) is 2.70. The monoisotopic (exact) mass is 217 g/mol. The van der Waals surface area contributed by atoms with Gasteiger partial charge in [-0.3, -0.25) is 0 Å². The number of rotatable bonds is 2. The number of hydrogen-bond donors (Lipinski definition) is 1. The molecule has 2 nitrogen and oxygen atoms in total. The summed E-state index contributed by atoms with van der Waals surface area (Å²) in [7, 11) is 0. The Balaban J connectivity index is 1.83. The van der Waals surface area contributed by atoms with Crippen LogP contribution in [-0.2, 0) is 18.0 Å². The summed E-state index contributed by atoms with van der Waals surface area (Å²) >= 11 is 0. The lowest BCUT2D eigenvalue weighted by atomic mass is 9.91. The van der Waals surface area contributed by atoms with Crippen LogP contribution in [0.1, 0.15) is 48.4 Å². The predicted molar refractivity (Wildman–Crippen MR) is 63.8 cm³/mol. The third-order valence-corrected chi connectivity index (χ3v) is 4.04. The summed E-state index contributed by atoms with van der Waals surface area (Å²) in [5, 5.41) is 0. The van der Waals surface area contributed by atoms with Gasteiger partial charge in [0.2, 0.25) is 0 Å². The molecule has 0 saturated heterocycles. The highest BCUT2D eigenvalue weighted by Gasteiger charge is 2.24. The van der Waals surface area contributed by atoms with Crippen molar-refractivity contribution in [2.24, 2.45) is 11.7 Å². The van der Waals surface area contributed by atoms with E-state index >= 15 is 0 Å². The number of ether oxygens (including phenoxy) is 1. The number of benzene rings is 1. The van der Waals surface area contributed by atoms with E-state index in [0.717, 1.165) is 13.2 Å². The Bertz CT molecular complexity index is 382. The predicted octanol–water partition coefficient (Wildman–Crippen LogP) is 2.91. The maximum atomic E-state index is 6.35. The Morgan fingerprint density at radius 3 is 2.69 bits per heavy atom. The van der Waals surface area contributed by atoms with Crippen LogP contribution < -0.4 is 5.73 Å². The van der Waals surface area contributed by atoms with E-state index < -0.39 is 0 Å². The van der Waals surface area contributed by atoms with Crippen LogP contribution in [0.2, 0.25) is 0 Å². The molecule has 1 aromatic rings. The zero-order valence-electron chi connectivity index (χ0n) is 9.61. The Morgan fingerprint density at radius 1 is 1.12 bits per heavy atom. The second kappa shape index (κ2) is 4.19. The first-order chi connectivity index (χ1) is 7.84. The number of hydrogen-bond acceptors (Lipinski definition) is 2. The number of fused-ring (bicyclic) bond motifs is 1. The van der Waals surface area contributed by atoms with Gasteiger partial charge in [-0.05, 0) is 35.4 Å². The summed E-state index contributed by atoms with van der Waals surface area (Å²) in [4.78, 5) is 0. The van der Waals surface area contributed by atoms with E-state index in [2.05, 4.69) is 18.2 Å². The average Bonchev–Trinajstić information content (AvgIpc) is 2.98. The van der Waals surface area contributed by atoms with Crippen molar-refractivity contribution in [1.29, 1.82) is 0 Å². The molecule has 3 rings (SSSR count). The van der Waals surface area contributed by atoms with Gasteiger partial charge in [-0.25, -0.2) is 0 Å². The van der Waals surface area contributed by atoms with Gasteiger partial charge in [-0.2, -0.15) is 0 Å². The van der Waals surface area contributed by atoms with E-state index in [0.29, 0.717) is 5.92 Å². The van der Waals surface area contributed by atoms with Gasteiger partial charge in [-0.15, -0.1) is 0 Å². The summed E-state index contributed by atoms with van der Waals surface area (Å²) in [5.41, 5.74) is 10.3. The maximum Gasteiger partial charge on any atom is 0.0725 e. The molecular weight excluding hydrogens is 198 g/mol. The smallest absolute Gasteiger partial charge is 0.0725 e. The lowest BCUT2D eigenvalue weighted by Gasteiger charge is -2.19. The van der Waals surface area contributed by atoms with Crippen LogP contribution in [0.15, 0.2) is 18.2 Å². The fraction of sp³-hybridized carbons (Fsp3) is 0.571. The van der Waals surface area contributed by atoms with Crippen molar-refractivity contribution in [3.63, 3.8) is 0 Å². The minimum absolute atomic E-state index is 0.230. The van der Waals surface area contributed by atoms with Crippen LogP contribution in [0.3, 0.4) is 0 Å². The van der Waals surface area contributed by atoms with Crippen LogP contribution in [0, 0.1) is 5.92 Å². The maximum absolute atomic E-state index is 6.35. The molecule has 1 aromatic carbocycles. The fourth-order valence-electron chi connectivity index (χ4n) is 2.99. The first-order valence-electron chi connectivity index (χ1n) is 6.29. The van der Waals surface area contributed by atoms with E-state index in [4.69, 9.17) is 10.5 Å². The van der Waals surface area contributed by atoms with Crippen LogP contribution in [0.5, 0.6) is 0 Å². The third-order valence-electron chi connectivity index (χ3n) is 4.04. The molecule has 1 unspecified atom stereocenters. The number of nitrogens with two attached hydrogens (primary N) is 1. The first-order valence-corrected chi connectivity index (χ1v) is 6.29. The molecular formula is C14H19NO. The molecule has 1 aliphatic heterocycles. The molecule has 0 aromatic heterocycles. The largest absolute Gasteiger partial charge is 0.372 e. The zero-order chi connectivity index (χ0) is 11.0. The van der Waals surface area contributed by atoms with Crippen molar-refractivity contribution in [2.45, 2.75) is 44.9 Å². The second-order valence-electron chi connectivity index (χ2n) is 5.09. The van der Waals surface area contributed by atoms with Gasteiger partial charge in [0.25, 0.3) is 0 Å². The van der Waals surface area contributed by atoms with Gasteiger partial charge in [0, 0.05) is 6.04 Å². The second-order valence-corrected chi connectivity index (χ2v) is 5.09. The van der Waals surface area contributed by atoms with Gasteiger partial charge in [0.05, 0.1) is 13.2 Å². The molecule has 1 heterocycles. The van der Waals surface area contributed by atoms with Crippen molar-refractivity contribution < 1.29 is 4.74 Å². The molecule has 0 bridgehead atoms. The van der Waals surface area contributed by atoms with Gasteiger partial charge < -0.3 is 10.5 Å². The normalized spacial score (nSPS) is 22.3. The summed E-state index contributed by atoms with van der Waals surface area (Å²) in [6.45, 7) is 1.54. The van der Waals surface area contributed by atoms with Crippen LogP contribution in [0.4, 0.5) is 0 Å². The standard InChI is InChI=1S/C14H19NO/c15-14(10-3-1-2-4-10)11-5-6-12-8-16-9-13(12)7-11/h5-7,10,14H,1-4,8-9,15H2. The van der Waals surface area contributed by atoms with Gasteiger partial charge in [0.1, 0.15) is 0 Å². The van der Waals surface area contributed by atoms with E-state index in [1.165, 1.54) is 42.4 Å². The van der Waals surface area contributed by atoms with Crippen molar-refractivity contribution in [3.05, 3.63) is 34.9 Å². The highest BCUT2D eigenvalue weighted by Crippen LogP contribution is 2.35. The van der Waals surface area contributed by atoms with Crippen molar-refractivity contribution in [1.82, 2.24) is 0 Å². The zero-order valence-corrected chi connectivity index (χ0v) is 9.61. The third kappa shape index (κ3) is 1.76. The quantitative estimate of drug-likeness (QED) is 0.826. The lowest BCUT2D eigenvalue weighted by Crippen LogP contribution is -2.19. The average molecular weight is 217 g/mol. The van der Waals surface area contributed by atoms with Crippen LogP contribution in [0.25, 0.3) is 0 Å². The van der Waals surface area contributed by atoms with Crippen LogP contribution >= 0.6 is 0 Å². The Hall–Kier alpha value is -0.860. The molecule has 2 heteroatoms. The molecule has 1 atom stereocenters. The van der Waals surface area contributed by atoms with E-state index in [1.54, 1.807) is 0 Å². The van der Waals surface area contributed by atoms with Gasteiger partial charge in [-0.1, -0.05) is 31.0 Å². The van der Waals surface area contributed by atoms with E-state index in [1.807, 2.05) is 0 Å². The molecule has 1 fully saturated rings. The molecule has 2 aliphatic rings. The highest BCUT2D eigenvalue weighted by molar-refractivity contribution is 5.34. The SMILES string of the molecule is NC(c1ccc2c(c1)COC2)C1CCCC1. The lowest BCUT2D eigenvalue weighted by molar-refractivity contribution is 0.134. The molecule has 2 N–H and O–H groups in total. The van der Waals surface area contributed by atoms with Crippen molar-refractivity contribution in [3.8, 4) is 0 Å². The van der Waals surface area contributed by atoms with Crippen molar-refractivity contribution >= 4 is 0 Å². The van der Waals surface area contributed by atoms with E-state index in [-0.39, 0.29) is 6.04 Å². The Labute approximate surface area is 96.8 Å². The summed E-state index contributed by atoms with van der Waals surface area (Å²) in [5.74, 6) is 0.695. The minimum Gasteiger partial charge on any atom is -0.372 e. The molecule has 1 saturated carbocycles. The molecule has 1 aliphatic carbocycles. The molecule has 16 heavy (non-hydrogen) atoms. The minimum atomic E-state index is 0.230. The fourth-order valence-corrected chi connectivity index (χ4v) is 2.99. The van der Waals surface area contributed by atoms with E-state index in [9.17, 15) is 0 Å². The van der Waals surface area contributed by atoms with Crippen LogP contribution in [-0.4, -0.2) is 0 Å². The highest BCUT2D eigenvalue weighted by atomic mass is 16.5. The summed E-state index contributed by atoms with van der Waals surface area (Å²) < 4.78 is 5.43.